The average molecular weight is 420 g/mol. The van der Waals surface area contributed by atoms with Crippen LogP contribution in [0.5, 0.6) is 0 Å². The molecule has 0 atom stereocenters. The van der Waals surface area contributed by atoms with Crippen molar-refractivity contribution in [2.45, 2.75) is 24.7 Å². The van der Waals surface area contributed by atoms with E-state index in [1.807, 2.05) is 0 Å². The predicted molar refractivity (Wildman–Crippen MR) is 104 cm³/mol. The Hall–Kier alpha value is -2.78. The van der Waals surface area contributed by atoms with E-state index in [-0.39, 0.29) is 10.5 Å². The van der Waals surface area contributed by atoms with Gasteiger partial charge in [0.2, 0.25) is 10.0 Å². The largest absolute Gasteiger partial charge is 0.452 e. The Balaban J connectivity index is 1.58. The Bertz CT molecular complexity index is 1020. The highest BCUT2D eigenvalue weighted by molar-refractivity contribution is 7.89. The smallest absolute Gasteiger partial charge is 0.338 e. The second-order valence-electron chi connectivity index (χ2n) is 6.72. The van der Waals surface area contributed by atoms with E-state index in [0.29, 0.717) is 24.3 Å². The number of anilines is 1. The predicted octanol–water partition coefficient (Wildman–Crippen LogP) is 2.71. The number of sulfonamides is 1. The van der Waals surface area contributed by atoms with Gasteiger partial charge in [0.25, 0.3) is 5.91 Å². The van der Waals surface area contributed by atoms with E-state index in [0.717, 1.165) is 12.8 Å². The molecule has 1 fully saturated rings. The van der Waals surface area contributed by atoms with Crippen molar-refractivity contribution in [3.8, 4) is 0 Å². The average Bonchev–Trinajstić information content (AvgIpc) is 3.25. The molecule has 0 radical (unpaired) electrons. The number of aryl methyl sites for hydroxylation is 1. The van der Waals surface area contributed by atoms with Crippen LogP contribution >= 0.6 is 0 Å². The number of nitrogens with one attached hydrogen (secondary N) is 1. The van der Waals surface area contributed by atoms with Crippen molar-refractivity contribution >= 4 is 27.6 Å². The van der Waals surface area contributed by atoms with Crippen LogP contribution in [0.25, 0.3) is 0 Å². The monoisotopic (exact) mass is 420 g/mol. The van der Waals surface area contributed by atoms with E-state index in [2.05, 4.69) is 5.32 Å². The summed E-state index contributed by atoms with van der Waals surface area (Å²) in [7, 11) is -3.56. The molecular formula is C20H21FN2O5S. The zero-order valence-electron chi connectivity index (χ0n) is 15.9. The Morgan fingerprint density at radius 1 is 1.10 bits per heavy atom. The topological polar surface area (TPSA) is 92.8 Å². The highest BCUT2D eigenvalue weighted by Crippen LogP contribution is 2.21. The van der Waals surface area contributed by atoms with Gasteiger partial charge in [0.05, 0.1) is 10.5 Å². The van der Waals surface area contributed by atoms with Crippen molar-refractivity contribution < 1.29 is 27.1 Å². The van der Waals surface area contributed by atoms with Crippen molar-refractivity contribution in [1.29, 1.82) is 0 Å². The molecule has 2 aromatic carbocycles. The van der Waals surface area contributed by atoms with Gasteiger partial charge in [-0.1, -0.05) is 6.07 Å². The van der Waals surface area contributed by atoms with Gasteiger partial charge in [-0.15, -0.1) is 0 Å². The molecule has 0 aliphatic carbocycles. The molecule has 0 bridgehead atoms. The van der Waals surface area contributed by atoms with Crippen molar-refractivity contribution in [1.82, 2.24) is 4.31 Å². The first kappa shape index (κ1) is 20.9. The zero-order chi connectivity index (χ0) is 21.0. The molecule has 1 saturated heterocycles. The fraction of sp³-hybridized carbons (Fsp3) is 0.300. The van der Waals surface area contributed by atoms with Gasteiger partial charge in [0.1, 0.15) is 5.82 Å². The lowest BCUT2D eigenvalue weighted by atomic mass is 10.2. The summed E-state index contributed by atoms with van der Waals surface area (Å²) in [6, 6.07) is 9.36. The third-order valence-corrected chi connectivity index (χ3v) is 6.51. The van der Waals surface area contributed by atoms with Crippen LogP contribution in [-0.4, -0.2) is 44.3 Å². The molecule has 1 aliphatic rings. The summed E-state index contributed by atoms with van der Waals surface area (Å²) in [6.07, 6.45) is 1.67. The Morgan fingerprint density at radius 2 is 1.76 bits per heavy atom. The Morgan fingerprint density at radius 3 is 2.41 bits per heavy atom. The van der Waals surface area contributed by atoms with Crippen LogP contribution in [0.2, 0.25) is 0 Å². The second kappa shape index (κ2) is 8.71. The number of esters is 1. The van der Waals surface area contributed by atoms with Gasteiger partial charge in [-0.25, -0.2) is 17.6 Å². The summed E-state index contributed by atoms with van der Waals surface area (Å²) in [4.78, 5) is 24.2. The minimum absolute atomic E-state index is 0.107. The van der Waals surface area contributed by atoms with Crippen LogP contribution in [0.4, 0.5) is 10.1 Å². The van der Waals surface area contributed by atoms with Crippen LogP contribution in [0.3, 0.4) is 0 Å². The molecule has 3 rings (SSSR count). The maximum Gasteiger partial charge on any atom is 0.338 e. The summed E-state index contributed by atoms with van der Waals surface area (Å²) in [5, 5.41) is 2.48. The summed E-state index contributed by atoms with van der Waals surface area (Å²) < 4.78 is 44.6. The summed E-state index contributed by atoms with van der Waals surface area (Å²) in [5.41, 5.74) is 1.09. The van der Waals surface area contributed by atoms with Crippen molar-refractivity contribution in [3.05, 3.63) is 59.4 Å². The minimum Gasteiger partial charge on any atom is -0.452 e. The minimum atomic E-state index is -3.56. The van der Waals surface area contributed by atoms with Gasteiger partial charge in [0.15, 0.2) is 6.61 Å². The van der Waals surface area contributed by atoms with Crippen molar-refractivity contribution in [2.75, 3.05) is 25.0 Å². The number of ether oxygens (including phenoxy) is 1. The molecule has 2 aromatic rings. The number of benzene rings is 2. The van der Waals surface area contributed by atoms with Crippen LogP contribution in [-0.2, 0) is 19.6 Å². The molecular weight excluding hydrogens is 399 g/mol. The number of halogens is 1. The Kier molecular flexibility index (Phi) is 6.29. The fourth-order valence-electron chi connectivity index (χ4n) is 2.97. The first-order valence-electron chi connectivity index (χ1n) is 9.11. The maximum absolute atomic E-state index is 13.3. The number of amides is 1. The number of rotatable bonds is 6. The highest BCUT2D eigenvalue weighted by atomic mass is 32.2. The van der Waals surface area contributed by atoms with Crippen LogP contribution < -0.4 is 5.32 Å². The molecule has 1 aliphatic heterocycles. The quantitative estimate of drug-likeness (QED) is 0.726. The number of hydrogen-bond acceptors (Lipinski definition) is 5. The lowest BCUT2D eigenvalue weighted by Crippen LogP contribution is -2.27. The van der Waals surface area contributed by atoms with E-state index < -0.39 is 34.3 Å². The van der Waals surface area contributed by atoms with Crippen molar-refractivity contribution in [3.63, 3.8) is 0 Å². The molecule has 0 aromatic heterocycles. The number of carbonyl (C=O) groups excluding carboxylic acids is 2. The first-order chi connectivity index (χ1) is 13.8. The lowest BCUT2D eigenvalue weighted by molar-refractivity contribution is -0.119. The number of nitrogens with zero attached hydrogens (tertiary/aromatic N) is 1. The Labute approximate surface area is 168 Å². The summed E-state index contributed by atoms with van der Waals surface area (Å²) in [5.74, 6) is -1.87. The van der Waals surface area contributed by atoms with Gasteiger partial charge < -0.3 is 10.1 Å². The molecule has 1 amide bonds. The standard InChI is InChI=1S/C20H21FN2O5S/c1-14-4-7-16(21)12-18(14)22-19(24)13-28-20(25)15-5-8-17(9-6-15)29(26,27)23-10-2-3-11-23/h4-9,12H,2-3,10-11,13H2,1H3,(H,22,24). The van der Waals surface area contributed by atoms with E-state index in [1.54, 1.807) is 6.92 Å². The van der Waals surface area contributed by atoms with Gasteiger partial charge in [-0.3, -0.25) is 4.79 Å². The molecule has 1 N–H and O–H groups in total. The maximum atomic E-state index is 13.3. The molecule has 0 spiro atoms. The van der Waals surface area contributed by atoms with Crippen molar-refractivity contribution in [2.24, 2.45) is 0 Å². The molecule has 9 heteroatoms. The first-order valence-corrected chi connectivity index (χ1v) is 10.5. The molecule has 0 unspecified atom stereocenters. The molecule has 154 valence electrons. The van der Waals surface area contributed by atoms with E-state index in [1.165, 1.54) is 46.8 Å². The molecule has 1 heterocycles. The summed E-state index contributed by atoms with van der Waals surface area (Å²) >= 11 is 0. The van der Waals surface area contributed by atoms with Crippen LogP contribution in [0, 0.1) is 12.7 Å². The van der Waals surface area contributed by atoms with Gasteiger partial charge in [-0.2, -0.15) is 4.31 Å². The summed E-state index contributed by atoms with van der Waals surface area (Å²) in [6.45, 7) is 2.14. The van der Waals surface area contributed by atoms with E-state index in [9.17, 15) is 22.4 Å². The lowest BCUT2D eigenvalue weighted by Gasteiger charge is -2.15. The fourth-order valence-corrected chi connectivity index (χ4v) is 4.49. The SMILES string of the molecule is Cc1ccc(F)cc1NC(=O)COC(=O)c1ccc(S(=O)(=O)N2CCCC2)cc1. The van der Waals surface area contributed by atoms with E-state index >= 15 is 0 Å². The number of carbonyl (C=O) groups is 2. The van der Waals surface area contributed by atoms with Crippen LogP contribution in [0.15, 0.2) is 47.4 Å². The molecule has 29 heavy (non-hydrogen) atoms. The van der Waals surface area contributed by atoms with Gasteiger partial charge >= 0.3 is 5.97 Å². The van der Waals surface area contributed by atoms with Gasteiger partial charge in [-0.05, 0) is 61.7 Å². The second-order valence-corrected chi connectivity index (χ2v) is 8.66. The zero-order valence-corrected chi connectivity index (χ0v) is 16.7. The molecule has 7 nitrogen and oxygen atoms in total. The van der Waals surface area contributed by atoms with E-state index in [4.69, 9.17) is 4.74 Å². The number of hydrogen-bond donors (Lipinski definition) is 1. The van der Waals surface area contributed by atoms with Gasteiger partial charge in [0, 0.05) is 18.8 Å². The highest BCUT2D eigenvalue weighted by Gasteiger charge is 2.27. The normalized spacial score (nSPS) is 14.6. The third kappa shape index (κ3) is 4.99. The third-order valence-electron chi connectivity index (χ3n) is 4.60. The van der Waals surface area contributed by atoms with Crippen LogP contribution in [0.1, 0.15) is 28.8 Å². The molecule has 0 saturated carbocycles.